The van der Waals surface area contributed by atoms with Gasteiger partial charge in [0.1, 0.15) is 0 Å². The first-order valence-electron chi connectivity index (χ1n) is 8.85. The second kappa shape index (κ2) is 12.7. The number of halogens is 1. The molecular formula is C19H28IN5OS. The van der Waals surface area contributed by atoms with Gasteiger partial charge in [-0.1, -0.05) is 19.1 Å². The number of aliphatic imine (C=N–C) groups is 1. The van der Waals surface area contributed by atoms with Crippen LogP contribution in [0.5, 0.6) is 0 Å². The van der Waals surface area contributed by atoms with Gasteiger partial charge in [-0.05, 0) is 30.5 Å². The summed E-state index contributed by atoms with van der Waals surface area (Å²) in [4.78, 5) is 20.5. The van der Waals surface area contributed by atoms with Gasteiger partial charge in [0.25, 0.3) is 5.91 Å². The second-order valence-corrected chi connectivity index (χ2v) is 6.73. The first-order chi connectivity index (χ1) is 12.7. The molecule has 27 heavy (non-hydrogen) atoms. The zero-order valence-electron chi connectivity index (χ0n) is 16.0. The molecule has 148 valence electrons. The fraction of sp³-hybridized carbons (Fsp3) is 0.421. The number of carbonyl (C=O) groups excluding carboxylic acids is 1. The number of guanidine groups is 1. The molecule has 0 saturated heterocycles. The topological polar surface area (TPSA) is 78.4 Å². The fourth-order valence-electron chi connectivity index (χ4n) is 2.49. The summed E-state index contributed by atoms with van der Waals surface area (Å²) in [6, 6.07) is 7.67. The molecule has 0 bridgehead atoms. The van der Waals surface area contributed by atoms with Gasteiger partial charge in [-0.15, -0.1) is 35.3 Å². The summed E-state index contributed by atoms with van der Waals surface area (Å²) in [6.07, 6.45) is 2.69. The zero-order chi connectivity index (χ0) is 18.8. The van der Waals surface area contributed by atoms with Gasteiger partial charge in [-0.2, -0.15) is 0 Å². The van der Waals surface area contributed by atoms with Crippen LogP contribution in [0.15, 0.2) is 34.6 Å². The molecular weight excluding hydrogens is 473 g/mol. The van der Waals surface area contributed by atoms with Gasteiger partial charge in [-0.25, -0.2) is 4.98 Å². The first kappa shape index (κ1) is 23.4. The highest BCUT2D eigenvalue weighted by molar-refractivity contribution is 14.0. The van der Waals surface area contributed by atoms with Crippen molar-refractivity contribution in [2.45, 2.75) is 26.2 Å². The van der Waals surface area contributed by atoms with E-state index in [4.69, 9.17) is 0 Å². The highest BCUT2D eigenvalue weighted by Crippen LogP contribution is 2.10. The van der Waals surface area contributed by atoms with Crippen molar-refractivity contribution in [3.63, 3.8) is 0 Å². The van der Waals surface area contributed by atoms with E-state index in [0.717, 1.165) is 49.6 Å². The van der Waals surface area contributed by atoms with E-state index >= 15 is 0 Å². The SMILES string of the molecule is CCc1nc(CCNC(=NC)NCCc2cccc(C(=O)NC)c2)cs1.I. The average molecular weight is 501 g/mol. The summed E-state index contributed by atoms with van der Waals surface area (Å²) in [7, 11) is 3.40. The summed E-state index contributed by atoms with van der Waals surface area (Å²) < 4.78 is 0. The lowest BCUT2D eigenvalue weighted by atomic mass is 10.1. The first-order valence-corrected chi connectivity index (χ1v) is 9.73. The molecule has 2 aromatic rings. The molecule has 1 heterocycles. The number of rotatable bonds is 8. The molecule has 1 aromatic carbocycles. The molecule has 1 amide bonds. The van der Waals surface area contributed by atoms with Crippen LogP contribution in [-0.2, 0) is 19.3 Å². The Labute approximate surface area is 182 Å². The van der Waals surface area contributed by atoms with Crippen molar-refractivity contribution in [1.29, 1.82) is 0 Å². The molecule has 0 radical (unpaired) electrons. The Morgan fingerprint density at radius 1 is 1.22 bits per heavy atom. The van der Waals surface area contributed by atoms with Gasteiger partial charge in [-0.3, -0.25) is 9.79 Å². The number of aryl methyl sites for hydroxylation is 1. The summed E-state index contributed by atoms with van der Waals surface area (Å²) in [5.41, 5.74) is 2.92. The molecule has 8 heteroatoms. The number of nitrogens with zero attached hydrogens (tertiary/aromatic N) is 2. The zero-order valence-corrected chi connectivity index (χ0v) is 19.2. The standard InChI is InChI=1S/C19H27N5OS.HI/c1-4-17-24-16(13-26-17)9-11-23-19(21-3)22-10-8-14-6-5-7-15(12-14)18(25)20-2;/h5-7,12-13H,4,8-11H2,1-3H3,(H,20,25)(H2,21,22,23);1H. The number of carbonyl (C=O) groups is 1. The lowest BCUT2D eigenvalue weighted by Gasteiger charge is -2.11. The third-order valence-electron chi connectivity index (χ3n) is 3.92. The molecule has 0 aliphatic carbocycles. The monoisotopic (exact) mass is 501 g/mol. The lowest BCUT2D eigenvalue weighted by molar-refractivity contribution is 0.0963. The smallest absolute Gasteiger partial charge is 0.251 e. The van der Waals surface area contributed by atoms with Crippen molar-refractivity contribution in [3.05, 3.63) is 51.5 Å². The van der Waals surface area contributed by atoms with Gasteiger partial charge in [0.05, 0.1) is 10.7 Å². The maximum absolute atomic E-state index is 11.7. The molecule has 6 nitrogen and oxygen atoms in total. The molecule has 0 aliphatic rings. The molecule has 0 saturated carbocycles. The summed E-state index contributed by atoms with van der Waals surface area (Å²) in [5.74, 6) is 0.712. The molecule has 0 unspecified atom stereocenters. The van der Waals surface area contributed by atoms with Crippen LogP contribution in [0.4, 0.5) is 0 Å². The number of nitrogens with one attached hydrogen (secondary N) is 3. The van der Waals surface area contributed by atoms with Crippen molar-refractivity contribution in [2.24, 2.45) is 4.99 Å². The van der Waals surface area contributed by atoms with Crippen molar-refractivity contribution in [3.8, 4) is 0 Å². The van der Waals surface area contributed by atoms with Gasteiger partial charge in [0, 0.05) is 44.5 Å². The lowest BCUT2D eigenvalue weighted by Crippen LogP contribution is -2.39. The maximum Gasteiger partial charge on any atom is 0.251 e. The number of hydrogen-bond donors (Lipinski definition) is 3. The van der Waals surface area contributed by atoms with Crippen LogP contribution >= 0.6 is 35.3 Å². The minimum atomic E-state index is -0.0643. The van der Waals surface area contributed by atoms with Crippen LogP contribution < -0.4 is 16.0 Å². The van der Waals surface area contributed by atoms with Gasteiger partial charge in [0.15, 0.2) is 5.96 Å². The van der Waals surface area contributed by atoms with E-state index in [0.29, 0.717) is 5.56 Å². The molecule has 0 spiro atoms. The van der Waals surface area contributed by atoms with Crippen molar-refractivity contribution in [2.75, 3.05) is 27.2 Å². The molecule has 2 rings (SSSR count). The van der Waals surface area contributed by atoms with Crippen molar-refractivity contribution >= 4 is 47.2 Å². The third kappa shape index (κ3) is 7.84. The van der Waals surface area contributed by atoms with Gasteiger partial charge >= 0.3 is 0 Å². The highest BCUT2D eigenvalue weighted by Gasteiger charge is 2.04. The number of amides is 1. The molecule has 0 aliphatic heterocycles. The Balaban J connectivity index is 0.00000364. The van der Waals surface area contributed by atoms with Gasteiger partial charge < -0.3 is 16.0 Å². The van der Waals surface area contributed by atoms with Crippen LogP contribution in [0, 0.1) is 0 Å². The average Bonchev–Trinajstić information content (AvgIpc) is 3.14. The third-order valence-corrected chi connectivity index (χ3v) is 4.96. The highest BCUT2D eigenvalue weighted by atomic mass is 127. The van der Waals surface area contributed by atoms with E-state index in [1.165, 1.54) is 5.01 Å². The summed E-state index contributed by atoms with van der Waals surface area (Å²) >= 11 is 1.72. The van der Waals surface area contributed by atoms with E-state index in [2.05, 4.69) is 38.2 Å². The largest absolute Gasteiger partial charge is 0.356 e. The minimum Gasteiger partial charge on any atom is -0.356 e. The minimum absolute atomic E-state index is 0. The molecule has 1 aromatic heterocycles. The van der Waals surface area contributed by atoms with E-state index in [1.807, 2.05) is 24.3 Å². The predicted molar refractivity (Wildman–Crippen MR) is 124 cm³/mol. The quantitative estimate of drug-likeness (QED) is 0.295. The van der Waals surface area contributed by atoms with E-state index in [1.54, 1.807) is 25.4 Å². The van der Waals surface area contributed by atoms with Crippen molar-refractivity contribution in [1.82, 2.24) is 20.9 Å². The van der Waals surface area contributed by atoms with E-state index in [-0.39, 0.29) is 29.9 Å². The Kier molecular flexibility index (Phi) is 11.0. The van der Waals surface area contributed by atoms with Crippen LogP contribution in [0.2, 0.25) is 0 Å². The van der Waals surface area contributed by atoms with Crippen LogP contribution in [0.3, 0.4) is 0 Å². The Bertz CT molecular complexity index is 747. The van der Waals surface area contributed by atoms with Crippen LogP contribution in [0.1, 0.15) is 33.5 Å². The normalized spacial score (nSPS) is 10.9. The van der Waals surface area contributed by atoms with Crippen LogP contribution in [-0.4, -0.2) is 44.0 Å². The van der Waals surface area contributed by atoms with Gasteiger partial charge in [0.2, 0.25) is 0 Å². The van der Waals surface area contributed by atoms with Crippen LogP contribution in [0.25, 0.3) is 0 Å². The Morgan fingerprint density at radius 3 is 2.59 bits per heavy atom. The number of hydrogen-bond acceptors (Lipinski definition) is 4. The number of aromatic nitrogens is 1. The number of benzene rings is 1. The predicted octanol–water partition coefficient (Wildman–Crippen LogP) is 2.63. The number of thiazole rings is 1. The van der Waals surface area contributed by atoms with E-state index < -0.39 is 0 Å². The van der Waals surface area contributed by atoms with E-state index in [9.17, 15) is 4.79 Å². The second-order valence-electron chi connectivity index (χ2n) is 5.79. The molecule has 0 fully saturated rings. The molecule has 3 N–H and O–H groups in total. The summed E-state index contributed by atoms with van der Waals surface area (Å²) in [6.45, 7) is 3.66. The summed E-state index contributed by atoms with van der Waals surface area (Å²) in [5, 5.41) is 12.6. The molecule has 0 atom stereocenters. The fourth-order valence-corrected chi connectivity index (χ4v) is 3.27. The van der Waals surface area contributed by atoms with Crippen molar-refractivity contribution < 1.29 is 4.79 Å². The Hall–Kier alpha value is -1.68. The Morgan fingerprint density at radius 2 is 1.96 bits per heavy atom. The maximum atomic E-state index is 11.7.